The quantitative estimate of drug-likeness (QED) is 0.557. The number of benzene rings is 2. The highest BCUT2D eigenvalue weighted by Gasteiger charge is 2.15. The standard InChI is InChI=1S/C23H30N4O3/c1-15(2)21(29)26-19-12-10-17(11-13-19)24-14-20(28)25-18-8-6-16(7-9-18)22(30)27-23(3,4)5/h6-13,15,24H,14H2,1-5H3,(H,25,28)(H,26,29)(H,27,30). The van der Waals surface area contributed by atoms with Crippen LogP contribution in [0.25, 0.3) is 0 Å². The highest BCUT2D eigenvalue weighted by molar-refractivity contribution is 5.97. The van der Waals surface area contributed by atoms with Gasteiger partial charge in [0.1, 0.15) is 0 Å². The number of anilines is 3. The maximum Gasteiger partial charge on any atom is 0.251 e. The molecule has 0 bridgehead atoms. The summed E-state index contributed by atoms with van der Waals surface area (Å²) in [6, 6.07) is 13.9. The largest absolute Gasteiger partial charge is 0.376 e. The third kappa shape index (κ3) is 7.58. The van der Waals surface area contributed by atoms with E-state index in [1.807, 2.05) is 34.6 Å². The monoisotopic (exact) mass is 410 g/mol. The Morgan fingerprint density at radius 3 is 1.83 bits per heavy atom. The molecule has 0 fully saturated rings. The molecule has 0 atom stereocenters. The van der Waals surface area contributed by atoms with Crippen LogP contribution in [0.15, 0.2) is 48.5 Å². The highest BCUT2D eigenvalue weighted by Crippen LogP contribution is 2.15. The first kappa shape index (κ1) is 22.9. The lowest BCUT2D eigenvalue weighted by atomic mass is 10.1. The van der Waals surface area contributed by atoms with Crippen molar-refractivity contribution in [2.24, 2.45) is 5.92 Å². The third-order valence-electron chi connectivity index (χ3n) is 4.05. The van der Waals surface area contributed by atoms with Crippen LogP contribution in [0, 0.1) is 5.92 Å². The predicted octanol–water partition coefficient (Wildman–Crippen LogP) is 3.86. The van der Waals surface area contributed by atoms with E-state index in [4.69, 9.17) is 0 Å². The van der Waals surface area contributed by atoms with E-state index in [0.717, 1.165) is 5.69 Å². The van der Waals surface area contributed by atoms with Crippen molar-refractivity contribution in [1.82, 2.24) is 5.32 Å². The number of carbonyl (C=O) groups is 3. The maximum absolute atomic E-state index is 12.2. The molecule has 160 valence electrons. The minimum atomic E-state index is -0.312. The summed E-state index contributed by atoms with van der Waals surface area (Å²) < 4.78 is 0. The van der Waals surface area contributed by atoms with Gasteiger partial charge in [0, 0.05) is 34.1 Å². The molecular weight excluding hydrogens is 380 g/mol. The third-order valence-corrected chi connectivity index (χ3v) is 4.05. The van der Waals surface area contributed by atoms with Gasteiger partial charge in [0.25, 0.3) is 5.91 Å². The first-order valence-electron chi connectivity index (χ1n) is 9.91. The van der Waals surface area contributed by atoms with Crippen LogP contribution in [0.5, 0.6) is 0 Å². The SMILES string of the molecule is CC(C)C(=O)Nc1ccc(NCC(=O)Nc2ccc(C(=O)NC(C)(C)C)cc2)cc1. The van der Waals surface area contributed by atoms with Gasteiger partial charge in [-0.3, -0.25) is 14.4 Å². The van der Waals surface area contributed by atoms with Crippen molar-refractivity contribution in [2.75, 3.05) is 22.5 Å². The first-order chi connectivity index (χ1) is 14.0. The van der Waals surface area contributed by atoms with Crippen LogP contribution in [0.1, 0.15) is 45.0 Å². The van der Waals surface area contributed by atoms with Gasteiger partial charge in [-0.1, -0.05) is 13.8 Å². The van der Waals surface area contributed by atoms with Crippen molar-refractivity contribution in [3.8, 4) is 0 Å². The molecule has 4 N–H and O–H groups in total. The van der Waals surface area contributed by atoms with E-state index in [2.05, 4.69) is 21.3 Å². The summed E-state index contributed by atoms with van der Waals surface area (Å²) in [4.78, 5) is 36.0. The van der Waals surface area contributed by atoms with Crippen LogP contribution in [0.4, 0.5) is 17.1 Å². The predicted molar refractivity (Wildman–Crippen MR) is 121 cm³/mol. The van der Waals surface area contributed by atoms with Crippen molar-refractivity contribution >= 4 is 34.8 Å². The Balaban J connectivity index is 1.83. The molecule has 0 saturated heterocycles. The lowest BCUT2D eigenvalue weighted by molar-refractivity contribution is -0.119. The van der Waals surface area contributed by atoms with E-state index in [0.29, 0.717) is 16.9 Å². The smallest absolute Gasteiger partial charge is 0.251 e. The molecule has 2 aromatic carbocycles. The van der Waals surface area contributed by atoms with Crippen LogP contribution < -0.4 is 21.3 Å². The summed E-state index contributed by atoms with van der Waals surface area (Å²) in [6.45, 7) is 9.51. The minimum Gasteiger partial charge on any atom is -0.376 e. The molecular formula is C23H30N4O3. The summed E-state index contributed by atoms with van der Waals surface area (Å²) in [7, 11) is 0. The number of carbonyl (C=O) groups excluding carboxylic acids is 3. The second kappa shape index (κ2) is 9.91. The fraction of sp³-hybridized carbons (Fsp3) is 0.348. The number of amides is 3. The van der Waals surface area contributed by atoms with Crippen LogP contribution in [0.2, 0.25) is 0 Å². The van der Waals surface area contributed by atoms with Crippen molar-refractivity contribution in [3.05, 3.63) is 54.1 Å². The summed E-state index contributed by atoms with van der Waals surface area (Å²) in [5, 5.41) is 11.5. The van der Waals surface area contributed by atoms with Crippen molar-refractivity contribution < 1.29 is 14.4 Å². The van der Waals surface area contributed by atoms with E-state index >= 15 is 0 Å². The Hall–Kier alpha value is -3.35. The van der Waals surface area contributed by atoms with Gasteiger partial charge in [-0.25, -0.2) is 0 Å². The Bertz CT molecular complexity index is 882. The zero-order chi connectivity index (χ0) is 22.3. The molecule has 0 aliphatic rings. The molecule has 0 heterocycles. The molecule has 3 amide bonds. The fourth-order valence-corrected chi connectivity index (χ4v) is 2.46. The summed E-state index contributed by atoms with van der Waals surface area (Å²) in [5.74, 6) is -0.500. The maximum atomic E-state index is 12.2. The molecule has 0 spiro atoms. The van der Waals surface area contributed by atoms with Crippen LogP contribution in [-0.2, 0) is 9.59 Å². The number of hydrogen-bond acceptors (Lipinski definition) is 4. The van der Waals surface area contributed by atoms with E-state index in [9.17, 15) is 14.4 Å². The number of nitrogens with one attached hydrogen (secondary N) is 4. The second-order valence-corrected chi connectivity index (χ2v) is 8.40. The minimum absolute atomic E-state index is 0.0445. The lowest BCUT2D eigenvalue weighted by Gasteiger charge is -2.20. The summed E-state index contributed by atoms with van der Waals surface area (Å²) in [6.07, 6.45) is 0. The second-order valence-electron chi connectivity index (χ2n) is 8.40. The Kier molecular flexibility index (Phi) is 7.58. The summed E-state index contributed by atoms with van der Waals surface area (Å²) >= 11 is 0. The molecule has 2 aromatic rings. The van der Waals surface area contributed by atoms with Gasteiger partial charge >= 0.3 is 0 Å². The Labute approximate surface area is 177 Å². The zero-order valence-corrected chi connectivity index (χ0v) is 18.1. The Morgan fingerprint density at radius 2 is 1.30 bits per heavy atom. The van der Waals surface area contributed by atoms with Crippen molar-refractivity contribution in [3.63, 3.8) is 0 Å². The van der Waals surface area contributed by atoms with E-state index in [1.54, 1.807) is 48.5 Å². The first-order valence-corrected chi connectivity index (χ1v) is 9.91. The zero-order valence-electron chi connectivity index (χ0n) is 18.1. The topological polar surface area (TPSA) is 99.3 Å². The van der Waals surface area contributed by atoms with Gasteiger partial charge in [0.05, 0.1) is 6.54 Å². The van der Waals surface area contributed by atoms with E-state index in [-0.39, 0.29) is 35.7 Å². The molecule has 0 saturated carbocycles. The molecule has 0 aromatic heterocycles. The molecule has 7 nitrogen and oxygen atoms in total. The van der Waals surface area contributed by atoms with Crippen molar-refractivity contribution in [2.45, 2.75) is 40.2 Å². The molecule has 0 radical (unpaired) electrons. The Morgan fingerprint density at radius 1 is 0.800 bits per heavy atom. The van der Waals surface area contributed by atoms with Gasteiger partial charge in [-0.15, -0.1) is 0 Å². The van der Waals surface area contributed by atoms with E-state index in [1.165, 1.54) is 0 Å². The van der Waals surface area contributed by atoms with Gasteiger partial charge in [0.15, 0.2) is 0 Å². The molecule has 0 unspecified atom stereocenters. The number of rotatable bonds is 7. The average Bonchev–Trinajstić information content (AvgIpc) is 2.66. The van der Waals surface area contributed by atoms with Crippen LogP contribution in [0.3, 0.4) is 0 Å². The average molecular weight is 411 g/mol. The normalized spacial score (nSPS) is 11.0. The molecule has 0 aliphatic heterocycles. The molecule has 30 heavy (non-hydrogen) atoms. The highest BCUT2D eigenvalue weighted by atomic mass is 16.2. The summed E-state index contributed by atoms with van der Waals surface area (Å²) in [5.41, 5.74) is 2.31. The van der Waals surface area contributed by atoms with Gasteiger partial charge in [0.2, 0.25) is 11.8 Å². The molecule has 7 heteroatoms. The molecule has 2 rings (SSSR count). The van der Waals surface area contributed by atoms with Gasteiger partial charge in [-0.05, 0) is 69.3 Å². The lowest BCUT2D eigenvalue weighted by Crippen LogP contribution is -2.40. The van der Waals surface area contributed by atoms with Crippen molar-refractivity contribution in [1.29, 1.82) is 0 Å². The van der Waals surface area contributed by atoms with E-state index < -0.39 is 0 Å². The van der Waals surface area contributed by atoms with Crippen LogP contribution >= 0.6 is 0 Å². The number of hydrogen-bond donors (Lipinski definition) is 4. The van der Waals surface area contributed by atoms with Crippen LogP contribution in [-0.4, -0.2) is 29.8 Å². The fourth-order valence-electron chi connectivity index (χ4n) is 2.46. The molecule has 0 aliphatic carbocycles. The van der Waals surface area contributed by atoms with Gasteiger partial charge < -0.3 is 21.3 Å². The van der Waals surface area contributed by atoms with Gasteiger partial charge in [-0.2, -0.15) is 0 Å².